The fourth-order valence-corrected chi connectivity index (χ4v) is 3.39. The smallest absolute Gasteiger partial charge is 0.0580 e. The van der Waals surface area contributed by atoms with Gasteiger partial charge in [0, 0.05) is 13.1 Å². The second kappa shape index (κ2) is 7.80. The molecule has 1 aliphatic rings. The summed E-state index contributed by atoms with van der Waals surface area (Å²) in [4.78, 5) is 2.47. The van der Waals surface area contributed by atoms with Gasteiger partial charge in [0.2, 0.25) is 0 Å². The average Bonchev–Trinajstić information content (AvgIpc) is 2.49. The van der Waals surface area contributed by atoms with E-state index in [1.54, 1.807) is 0 Å². The maximum Gasteiger partial charge on any atom is 0.0580 e. The van der Waals surface area contributed by atoms with Crippen LogP contribution in [0.1, 0.15) is 45.1 Å². The van der Waals surface area contributed by atoms with Crippen molar-refractivity contribution in [2.45, 2.75) is 52.2 Å². The van der Waals surface area contributed by atoms with E-state index < -0.39 is 0 Å². The van der Waals surface area contributed by atoms with Gasteiger partial charge in [-0.15, -0.1) is 0 Å². The highest BCUT2D eigenvalue weighted by molar-refractivity contribution is 5.14. The molecule has 0 bridgehead atoms. The lowest BCUT2D eigenvalue weighted by Gasteiger charge is -2.36. The maximum atomic E-state index is 10.3. The molecule has 0 aliphatic heterocycles. The monoisotopic (exact) mass is 275 g/mol. The summed E-state index contributed by atoms with van der Waals surface area (Å²) in [5.74, 6) is 1.27. The number of hydrogen-bond donors (Lipinski definition) is 1. The highest BCUT2D eigenvalue weighted by Crippen LogP contribution is 2.32. The summed E-state index contributed by atoms with van der Waals surface area (Å²) in [5, 5.41) is 10.3. The van der Waals surface area contributed by atoms with Gasteiger partial charge < -0.3 is 5.11 Å². The molecule has 0 aromatic heterocycles. The summed E-state index contributed by atoms with van der Waals surface area (Å²) in [6, 6.07) is 10.7. The highest BCUT2D eigenvalue weighted by Gasteiger charge is 2.29. The molecule has 1 saturated carbocycles. The molecule has 1 aromatic rings. The summed E-state index contributed by atoms with van der Waals surface area (Å²) in [5.41, 5.74) is 1.37. The molecule has 1 N–H and O–H groups in total. The second-order valence-electron chi connectivity index (χ2n) is 6.23. The first-order chi connectivity index (χ1) is 9.72. The van der Waals surface area contributed by atoms with Gasteiger partial charge in [-0.3, -0.25) is 4.90 Å². The predicted octanol–water partition coefficient (Wildman–Crippen LogP) is 3.70. The zero-order chi connectivity index (χ0) is 14.4. The van der Waals surface area contributed by atoms with Crippen molar-refractivity contribution in [2.24, 2.45) is 11.8 Å². The van der Waals surface area contributed by atoms with Crippen LogP contribution in [0.4, 0.5) is 0 Å². The van der Waals surface area contributed by atoms with Crippen LogP contribution in [0.2, 0.25) is 0 Å². The molecule has 0 amide bonds. The Bertz CT molecular complexity index is 378. The van der Waals surface area contributed by atoms with Crippen molar-refractivity contribution >= 4 is 0 Å². The van der Waals surface area contributed by atoms with Crippen molar-refractivity contribution < 1.29 is 5.11 Å². The van der Waals surface area contributed by atoms with Crippen molar-refractivity contribution in [2.75, 3.05) is 13.1 Å². The Morgan fingerprint density at radius 1 is 1.15 bits per heavy atom. The zero-order valence-electron chi connectivity index (χ0n) is 13.0. The lowest BCUT2D eigenvalue weighted by Crippen LogP contribution is -2.38. The Morgan fingerprint density at radius 3 is 2.55 bits per heavy atom. The van der Waals surface area contributed by atoms with Crippen LogP contribution in [0, 0.1) is 11.8 Å². The summed E-state index contributed by atoms with van der Waals surface area (Å²) >= 11 is 0. The maximum absolute atomic E-state index is 10.3. The molecule has 3 unspecified atom stereocenters. The van der Waals surface area contributed by atoms with Crippen LogP contribution in [0.5, 0.6) is 0 Å². The quantitative estimate of drug-likeness (QED) is 0.856. The van der Waals surface area contributed by atoms with E-state index in [1.165, 1.54) is 24.8 Å². The first-order valence-corrected chi connectivity index (χ1v) is 8.17. The van der Waals surface area contributed by atoms with Crippen LogP contribution >= 0.6 is 0 Å². The zero-order valence-corrected chi connectivity index (χ0v) is 13.0. The third-order valence-electron chi connectivity index (χ3n) is 4.82. The molecule has 112 valence electrons. The number of aliphatic hydroxyl groups excluding tert-OH is 1. The largest absolute Gasteiger partial charge is 0.393 e. The number of rotatable bonds is 6. The van der Waals surface area contributed by atoms with Crippen molar-refractivity contribution in [3.63, 3.8) is 0 Å². The normalized spacial score (nSPS) is 26.9. The molecule has 0 heterocycles. The molecule has 0 saturated heterocycles. The molecule has 0 radical (unpaired) electrons. The Labute approximate surface area is 123 Å². The minimum absolute atomic E-state index is 0.0948. The van der Waals surface area contributed by atoms with Crippen LogP contribution in [0.15, 0.2) is 30.3 Å². The van der Waals surface area contributed by atoms with E-state index in [9.17, 15) is 5.11 Å². The molecule has 1 aromatic carbocycles. The summed E-state index contributed by atoms with van der Waals surface area (Å²) in [6.07, 6.45) is 4.56. The van der Waals surface area contributed by atoms with Gasteiger partial charge in [-0.1, -0.05) is 50.6 Å². The minimum atomic E-state index is -0.0948. The molecule has 1 fully saturated rings. The third-order valence-corrected chi connectivity index (χ3v) is 4.82. The van der Waals surface area contributed by atoms with Gasteiger partial charge in [0.1, 0.15) is 0 Å². The fraction of sp³-hybridized carbons (Fsp3) is 0.667. The van der Waals surface area contributed by atoms with E-state index in [2.05, 4.69) is 49.1 Å². The number of hydrogen-bond acceptors (Lipinski definition) is 2. The van der Waals surface area contributed by atoms with Gasteiger partial charge in [-0.05, 0) is 43.2 Å². The minimum Gasteiger partial charge on any atom is -0.393 e. The van der Waals surface area contributed by atoms with Crippen LogP contribution in [-0.4, -0.2) is 29.2 Å². The first-order valence-electron chi connectivity index (χ1n) is 8.17. The van der Waals surface area contributed by atoms with Gasteiger partial charge in [0.25, 0.3) is 0 Å². The van der Waals surface area contributed by atoms with E-state index in [4.69, 9.17) is 0 Å². The van der Waals surface area contributed by atoms with Crippen molar-refractivity contribution in [1.82, 2.24) is 4.90 Å². The van der Waals surface area contributed by atoms with Crippen molar-refractivity contribution in [3.8, 4) is 0 Å². The molecule has 1 aliphatic carbocycles. The van der Waals surface area contributed by atoms with Gasteiger partial charge >= 0.3 is 0 Å². The summed E-state index contributed by atoms with van der Waals surface area (Å²) < 4.78 is 0. The van der Waals surface area contributed by atoms with E-state index in [0.717, 1.165) is 32.0 Å². The third kappa shape index (κ3) is 4.32. The molecule has 20 heavy (non-hydrogen) atoms. The Hall–Kier alpha value is -0.860. The SMILES string of the molecule is CCC1CCC(O)C(CN(CC)Cc2ccccc2)C1. The molecule has 2 rings (SSSR count). The van der Waals surface area contributed by atoms with Crippen molar-refractivity contribution in [3.05, 3.63) is 35.9 Å². The summed E-state index contributed by atoms with van der Waals surface area (Å²) in [6.45, 7) is 7.58. The molecule has 2 nitrogen and oxygen atoms in total. The van der Waals surface area contributed by atoms with Crippen molar-refractivity contribution in [1.29, 1.82) is 0 Å². The van der Waals surface area contributed by atoms with Gasteiger partial charge in [-0.2, -0.15) is 0 Å². The fourth-order valence-electron chi connectivity index (χ4n) is 3.39. The first kappa shape index (κ1) is 15.5. The Balaban J connectivity index is 1.91. The van der Waals surface area contributed by atoms with E-state index in [1.807, 2.05) is 0 Å². The summed E-state index contributed by atoms with van der Waals surface area (Å²) in [7, 11) is 0. The number of aliphatic hydroxyl groups is 1. The standard InChI is InChI=1S/C18H29NO/c1-3-15-10-11-18(20)17(12-15)14-19(4-2)13-16-8-6-5-7-9-16/h5-9,15,17-18,20H,3-4,10-14H2,1-2H3. The molecule has 0 spiro atoms. The van der Waals surface area contributed by atoms with Crippen LogP contribution in [0.25, 0.3) is 0 Å². The Morgan fingerprint density at radius 2 is 1.90 bits per heavy atom. The van der Waals surface area contributed by atoms with E-state index in [0.29, 0.717) is 5.92 Å². The second-order valence-corrected chi connectivity index (χ2v) is 6.23. The Kier molecular flexibility index (Phi) is 6.06. The molecule has 2 heteroatoms. The number of benzene rings is 1. The lowest BCUT2D eigenvalue weighted by molar-refractivity contribution is 0.0262. The van der Waals surface area contributed by atoms with Gasteiger partial charge in [-0.25, -0.2) is 0 Å². The van der Waals surface area contributed by atoms with E-state index >= 15 is 0 Å². The van der Waals surface area contributed by atoms with Crippen LogP contribution < -0.4 is 0 Å². The molecular formula is C18H29NO. The predicted molar refractivity (Wildman–Crippen MR) is 84.5 cm³/mol. The van der Waals surface area contributed by atoms with Crippen LogP contribution in [-0.2, 0) is 6.54 Å². The lowest BCUT2D eigenvalue weighted by atomic mass is 9.78. The van der Waals surface area contributed by atoms with E-state index in [-0.39, 0.29) is 6.10 Å². The molecule has 3 atom stereocenters. The molecular weight excluding hydrogens is 246 g/mol. The van der Waals surface area contributed by atoms with Gasteiger partial charge in [0.15, 0.2) is 0 Å². The topological polar surface area (TPSA) is 23.5 Å². The average molecular weight is 275 g/mol. The highest BCUT2D eigenvalue weighted by atomic mass is 16.3. The van der Waals surface area contributed by atoms with Crippen LogP contribution in [0.3, 0.4) is 0 Å². The van der Waals surface area contributed by atoms with Gasteiger partial charge in [0.05, 0.1) is 6.10 Å². The number of nitrogens with zero attached hydrogens (tertiary/aromatic N) is 1.